The monoisotopic (exact) mass is 518 g/mol. The summed E-state index contributed by atoms with van der Waals surface area (Å²) in [7, 11) is -2.05. The van der Waals surface area contributed by atoms with E-state index in [4.69, 9.17) is 14.0 Å². The topological polar surface area (TPSA) is 107 Å². The van der Waals surface area contributed by atoms with Crippen LogP contribution < -0.4 is 9.47 Å². The van der Waals surface area contributed by atoms with E-state index in [-0.39, 0.29) is 11.6 Å². The molecule has 4 aromatic rings. The number of ether oxygens (including phenoxy) is 2. The Labute approximate surface area is 216 Å². The van der Waals surface area contributed by atoms with E-state index in [0.29, 0.717) is 40.0 Å². The fourth-order valence-corrected chi connectivity index (χ4v) is 3.27. The van der Waals surface area contributed by atoms with Crippen molar-refractivity contribution in [2.75, 3.05) is 13.4 Å². The highest BCUT2D eigenvalue weighted by Crippen LogP contribution is 2.24. The Morgan fingerprint density at radius 2 is 0.865 bits per heavy atom. The van der Waals surface area contributed by atoms with Gasteiger partial charge in [-0.05, 0) is 55.5 Å². The van der Waals surface area contributed by atoms with Crippen molar-refractivity contribution in [1.29, 1.82) is 0 Å². The van der Waals surface area contributed by atoms with Gasteiger partial charge in [-0.2, -0.15) is 8.42 Å². The molecule has 0 bridgehead atoms. The van der Waals surface area contributed by atoms with Crippen molar-refractivity contribution in [3.63, 3.8) is 0 Å². The first-order valence-corrected chi connectivity index (χ1v) is 13.0. The van der Waals surface area contributed by atoms with Crippen LogP contribution in [0.2, 0.25) is 0 Å². The van der Waals surface area contributed by atoms with Crippen molar-refractivity contribution in [2.24, 2.45) is 0 Å². The first-order valence-electron chi connectivity index (χ1n) is 11.1. The van der Waals surface area contributed by atoms with Gasteiger partial charge in [0.05, 0.1) is 13.4 Å². The van der Waals surface area contributed by atoms with E-state index < -0.39 is 10.1 Å². The molecule has 0 aliphatic rings. The summed E-state index contributed by atoms with van der Waals surface area (Å²) in [6.07, 6.45) is 0.715. The lowest BCUT2D eigenvalue weighted by Crippen LogP contribution is -2.04. The molecule has 0 radical (unpaired) electrons. The number of methoxy groups -OCH3 is 1. The van der Waals surface area contributed by atoms with E-state index in [0.717, 1.165) is 11.3 Å². The van der Waals surface area contributed by atoms with E-state index in [9.17, 15) is 18.0 Å². The summed E-state index contributed by atoms with van der Waals surface area (Å²) in [4.78, 5) is 25.5. The molecule has 0 aliphatic carbocycles. The minimum absolute atomic E-state index is 0.0657. The van der Waals surface area contributed by atoms with E-state index in [2.05, 4.69) is 0 Å². The van der Waals surface area contributed by atoms with Gasteiger partial charge in [0.1, 0.15) is 17.2 Å². The quantitative estimate of drug-likeness (QED) is 0.245. The zero-order chi connectivity index (χ0) is 27.0. The molecule has 0 amide bonds. The van der Waals surface area contributed by atoms with Gasteiger partial charge in [-0.15, -0.1) is 0 Å². The van der Waals surface area contributed by atoms with Crippen LogP contribution in [-0.2, 0) is 10.1 Å². The van der Waals surface area contributed by atoms with Gasteiger partial charge >= 0.3 is 0 Å². The van der Waals surface area contributed by atoms with Gasteiger partial charge in [0.2, 0.25) is 0 Å². The predicted molar refractivity (Wildman–Crippen MR) is 141 cm³/mol. The number of aryl methyl sites for hydroxylation is 1. The Bertz CT molecular complexity index is 1450. The van der Waals surface area contributed by atoms with Crippen molar-refractivity contribution in [3.8, 4) is 17.2 Å². The second-order valence-corrected chi connectivity index (χ2v) is 9.60. The highest BCUT2D eigenvalue weighted by Gasteiger charge is 2.13. The zero-order valence-electron chi connectivity index (χ0n) is 20.5. The zero-order valence-corrected chi connectivity index (χ0v) is 21.4. The van der Waals surface area contributed by atoms with E-state index in [1.807, 2.05) is 55.5 Å². The van der Waals surface area contributed by atoms with Crippen LogP contribution in [0.1, 0.15) is 37.4 Å². The van der Waals surface area contributed by atoms with Gasteiger partial charge in [0, 0.05) is 22.3 Å². The van der Waals surface area contributed by atoms with E-state index >= 15 is 0 Å². The molecule has 0 saturated heterocycles. The lowest BCUT2D eigenvalue weighted by Gasteiger charge is -2.08. The summed E-state index contributed by atoms with van der Waals surface area (Å²) in [5.41, 5.74) is 3.35. The van der Waals surface area contributed by atoms with Gasteiger partial charge in [-0.25, -0.2) is 0 Å². The summed E-state index contributed by atoms with van der Waals surface area (Å²) in [6.45, 7) is 1.98. The smallest absolute Gasteiger partial charge is 0.261 e. The fraction of sp³-hybridized carbons (Fsp3) is 0.103. The summed E-state index contributed by atoms with van der Waals surface area (Å²) in [6, 6.07) is 28.4. The summed E-state index contributed by atoms with van der Waals surface area (Å²) >= 11 is 0. The number of hydrogen-bond donors (Lipinski definition) is 1. The fourth-order valence-electron chi connectivity index (χ4n) is 3.27. The number of rotatable bonds is 7. The normalized spacial score (nSPS) is 10.6. The Kier molecular flexibility index (Phi) is 8.95. The Balaban J connectivity index is 0.000000695. The van der Waals surface area contributed by atoms with Gasteiger partial charge < -0.3 is 9.47 Å². The number of ketones is 2. The molecule has 0 unspecified atom stereocenters. The van der Waals surface area contributed by atoms with E-state index in [1.165, 1.54) is 0 Å². The SMILES string of the molecule is COc1ccc(Oc2ccc(C(=O)c3ccc(C(=O)c4ccc(C)cc4)cc3)cc2)cc1.CS(=O)(=O)O. The van der Waals surface area contributed by atoms with Crippen molar-refractivity contribution in [3.05, 3.63) is 125 Å². The molecular formula is C29H26O7S. The average molecular weight is 519 g/mol. The largest absolute Gasteiger partial charge is 0.497 e. The summed E-state index contributed by atoms with van der Waals surface area (Å²) < 4.78 is 36.8. The molecule has 0 aromatic heterocycles. The van der Waals surface area contributed by atoms with Crippen LogP contribution in [-0.4, -0.2) is 37.9 Å². The van der Waals surface area contributed by atoms with Crippen LogP contribution in [0.4, 0.5) is 0 Å². The second-order valence-electron chi connectivity index (χ2n) is 8.14. The highest BCUT2D eigenvalue weighted by atomic mass is 32.2. The average Bonchev–Trinajstić information content (AvgIpc) is 2.88. The molecule has 1 N–H and O–H groups in total. The third-order valence-electron chi connectivity index (χ3n) is 5.13. The van der Waals surface area contributed by atoms with E-state index in [1.54, 1.807) is 55.6 Å². The Morgan fingerprint density at radius 1 is 0.595 bits per heavy atom. The van der Waals surface area contributed by atoms with Crippen molar-refractivity contribution in [2.45, 2.75) is 6.92 Å². The molecule has 4 rings (SSSR count). The van der Waals surface area contributed by atoms with Crippen LogP contribution in [0, 0.1) is 6.92 Å². The first-order chi connectivity index (χ1) is 17.5. The predicted octanol–water partition coefficient (Wildman–Crippen LogP) is 5.76. The molecule has 0 fully saturated rings. The second kappa shape index (κ2) is 12.1. The molecule has 37 heavy (non-hydrogen) atoms. The number of benzene rings is 4. The lowest BCUT2D eigenvalue weighted by molar-refractivity contribution is 0.102. The lowest BCUT2D eigenvalue weighted by atomic mass is 9.98. The third-order valence-corrected chi connectivity index (χ3v) is 5.13. The standard InChI is InChI=1S/C28H22O4.CH4O3S/c1-19-3-5-20(6-4-19)27(29)21-7-9-22(10-8-21)28(30)23-11-13-25(14-12-23)32-26-17-15-24(31-2)16-18-26;1-5(2,3)4/h3-18H,1-2H3;1H3,(H,2,3,4). The maximum atomic E-state index is 12.8. The minimum Gasteiger partial charge on any atom is -0.497 e. The summed E-state index contributed by atoms with van der Waals surface area (Å²) in [5, 5.41) is 0. The summed E-state index contributed by atoms with van der Waals surface area (Å²) in [5.74, 6) is 1.88. The third kappa shape index (κ3) is 8.42. The molecule has 0 atom stereocenters. The van der Waals surface area contributed by atoms with Crippen LogP contribution >= 0.6 is 0 Å². The van der Waals surface area contributed by atoms with Crippen molar-refractivity contribution in [1.82, 2.24) is 0 Å². The van der Waals surface area contributed by atoms with Crippen molar-refractivity contribution < 1.29 is 32.0 Å². The molecule has 0 spiro atoms. The number of hydrogen-bond acceptors (Lipinski definition) is 6. The minimum atomic E-state index is -3.67. The maximum Gasteiger partial charge on any atom is 0.261 e. The molecule has 0 saturated carbocycles. The van der Waals surface area contributed by atoms with Crippen LogP contribution in [0.5, 0.6) is 17.2 Å². The first kappa shape index (κ1) is 27.3. The molecule has 4 aromatic carbocycles. The van der Waals surface area contributed by atoms with Crippen LogP contribution in [0.3, 0.4) is 0 Å². The van der Waals surface area contributed by atoms with Crippen molar-refractivity contribution >= 4 is 21.7 Å². The number of carbonyl (C=O) groups excluding carboxylic acids is 2. The molecular weight excluding hydrogens is 492 g/mol. The Morgan fingerprint density at radius 3 is 1.22 bits per heavy atom. The molecule has 8 heteroatoms. The molecule has 7 nitrogen and oxygen atoms in total. The van der Waals surface area contributed by atoms with Crippen LogP contribution in [0.25, 0.3) is 0 Å². The molecule has 0 aliphatic heterocycles. The molecule has 190 valence electrons. The van der Waals surface area contributed by atoms with Gasteiger partial charge in [-0.1, -0.05) is 54.1 Å². The van der Waals surface area contributed by atoms with Gasteiger partial charge in [0.25, 0.3) is 10.1 Å². The van der Waals surface area contributed by atoms with Crippen LogP contribution in [0.15, 0.2) is 97.1 Å². The Hall–Kier alpha value is -4.27. The molecule has 0 heterocycles. The van der Waals surface area contributed by atoms with Gasteiger partial charge in [-0.3, -0.25) is 14.1 Å². The number of carbonyl (C=O) groups is 2. The maximum absolute atomic E-state index is 12.8. The van der Waals surface area contributed by atoms with Gasteiger partial charge in [0.15, 0.2) is 11.6 Å². The highest BCUT2D eigenvalue weighted by molar-refractivity contribution is 7.85.